The van der Waals surface area contributed by atoms with Crippen LogP contribution in [0.2, 0.25) is 0 Å². The van der Waals surface area contributed by atoms with Crippen LogP contribution in [0.3, 0.4) is 0 Å². The molecule has 1 heterocycles. The molecule has 42 heavy (non-hydrogen) atoms. The van der Waals surface area contributed by atoms with Gasteiger partial charge in [-0.2, -0.15) is 0 Å². The van der Waals surface area contributed by atoms with Crippen LogP contribution in [0, 0.1) is 10.1 Å². The second kappa shape index (κ2) is 13.1. The number of nitro groups is 1. The average molecular weight is 591 g/mol. The van der Waals surface area contributed by atoms with Crippen LogP contribution >= 0.6 is 0 Å². The van der Waals surface area contributed by atoms with Crippen molar-refractivity contribution in [2.24, 2.45) is 0 Å². The van der Waals surface area contributed by atoms with Crippen molar-refractivity contribution in [3.05, 3.63) is 101 Å². The third-order valence-electron chi connectivity index (χ3n) is 6.48. The molecule has 11 heteroatoms. The predicted molar refractivity (Wildman–Crippen MR) is 162 cm³/mol. The van der Waals surface area contributed by atoms with Crippen LogP contribution in [-0.4, -0.2) is 54.6 Å². The highest BCUT2D eigenvalue weighted by Gasteiger charge is 2.24. The van der Waals surface area contributed by atoms with Crippen LogP contribution < -0.4 is 4.72 Å². The van der Waals surface area contributed by atoms with Gasteiger partial charge in [0.2, 0.25) is 10.0 Å². The standard InChI is InChI=1S/C31H34N4O6S/c1-31(2,3)41-30(36)34(18-7-8-23-11-13-27(14-12-23)35(37)38)19-17-33-42(39,40)29-21-25(24-9-5-4-6-10-24)20-26-22-32-16-15-28(26)29/h4-6,9-16,20-22,33H,7-8,17-19H2,1-3H3. The third-order valence-corrected chi connectivity index (χ3v) is 7.98. The first-order chi connectivity index (χ1) is 19.9. The second-order valence-electron chi connectivity index (χ2n) is 10.8. The van der Waals surface area contributed by atoms with E-state index in [-0.39, 0.29) is 23.7 Å². The van der Waals surface area contributed by atoms with E-state index in [1.54, 1.807) is 57.4 Å². The van der Waals surface area contributed by atoms with E-state index in [1.165, 1.54) is 17.0 Å². The monoisotopic (exact) mass is 590 g/mol. The van der Waals surface area contributed by atoms with Crippen molar-refractivity contribution in [2.75, 3.05) is 19.6 Å². The number of nitrogens with zero attached hydrogens (tertiary/aromatic N) is 3. The number of carbonyl (C=O) groups excluding carboxylic acids is 1. The molecule has 0 fully saturated rings. The molecule has 0 unspecified atom stereocenters. The lowest BCUT2D eigenvalue weighted by atomic mass is 10.0. The maximum atomic E-state index is 13.6. The first-order valence-electron chi connectivity index (χ1n) is 13.6. The van der Waals surface area contributed by atoms with E-state index in [1.807, 2.05) is 36.4 Å². The smallest absolute Gasteiger partial charge is 0.410 e. The molecule has 0 spiro atoms. The molecule has 0 saturated carbocycles. The van der Waals surface area contributed by atoms with Crippen molar-refractivity contribution >= 4 is 32.6 Å². The number of rotatable bonds is 11. The predicted octanol–water partition coefficient (Wildman–Crippen LogP) is 5.96. The summed E-state index contributed by atoms with van der Waals surface area (Å²) in [6.07, 6.45) is 3.78. The fraction of sp³-hybridized carbons (Fsp3) is 0.290. The van der Waals surface area contributed by atoms with Crippen LogP contribution in [0.4, 0.5) is 10.5 Å². The van der Waals surface area contributed by atoms with E-state index >= 15 is 0 Å². The Morgan fingerprint density at radius 1 is 1.00 bits per heavy atom. The van der Waals surface area contributed by atoms with Crippen LogP contribution in [0.15, 0.2) is 90.1 Å². The summed E-state index contributed by atoms with van der Waals surface area (Å²) in [5.41, 5.74) is 1.81. The van der Waals surface area contributed by atoms with Crippen LogP contribution in [0.25, 0.3) is 21.9 Å². The lowest BCUT2D eigenvalue weighted by Gasteiger charge is -2.27. The van der Waals surface area contributed by atoms with Gasteiger partial charge in [-0.25, -0.2) is 17.9 Å². The number of aryl methyl sites for hydroxylation is 1. The molecule has 220 valence electrons. The Balaban J connectivity index is 1.48. The molecule has 0 bridgehead atoms. The summed E-state index contributed by atoms with van der Waals surface area (Å²) in [7, 11) is -3.96. The summed E-state index contributed by atoms with van der Waals surface area (Å²) in [6, 6.07) is 21.0. The van der Waals surface area contributed by atoms with E-state index in [0.717, 1.165) is 16.7 Å². The topological polar surface area (TPSA) is 132 Å². The normalized spacial score (nSPS) is 11.8. The van der Waals surface area contributed by atoms with Crippen molar-refractivity contribution in [3.8, 4) is 11.1 Å². The molecule has 0 aliphatic heterocycles. The van der Waals surface area contributed by atoms with Crippen LogP contribution in [0.1, 0.15) is 32.8 Å². The zero-order valence-electron chi connectivity index (χ0n) is 23.8. The Morgan fingerprint density at radius 3 is 2.38 bits per heavy atom. The number of amides is 1. The molecule has 1 aromatic heterocycles. The third kappa shape index (κ3) is 8.11. The molecule has 0 radical (unpaired) electrons. The molecule has 0 aliphatic carbocycles. The Labute approximate surface area is 245 Å². The molecule has 3 aromatic carbocycles. The van der Waals surface area contributed by atoms with Gasteiger partial charge in [-0.15, -0.1) is 0 Å². The number of hydrogen-bond donors (Lipinski definition) is 1. The lowest BCUT2D eigenvalue weighted by Crippen LogP contribution is -2.42. The molecule has 1 N–H and O–H groups in total. The molecule has 1 amide bonds. The van der Waals surface area contributed by atoms with E-state index in [2.05, 4.69) is 9.71 Å². The van der Waals surface area contributed by atoms with Gasteiger partial charge in [0.15, 0.2) is 0 Å². The van der Waals surface area contributed by atoms with E-state index in [0.29, 0.717) is 30.2 Å². The second-order valence-corrected chi connectivity index (χ2v) is 12.6. The van der Waals surface area contributed by atoms with Crippen molar-refractivity contribution in [3.63, 3.8) is 0 Å². The minimum Gasteiger partial charge on any atom is -0.444 e. The number of aromatic nitrogens is 1. The van der Waals surface area contributed by atoms with Gasteiger partial charge in [0.1, 0.15) is 5.60 Å². The van der Waals surface area contributed by atoms with Crippen LogP contribution in [0.5, 0.6) is 0 Å². The minimum absolute atomic E-state index is 0.0137. The Bertz CT molecular complexity index is 1650. The lowest BCUT2D eigenvalue weighted by molar-refractivity contribution is -0.384. The maximum absolute atomic E-state index is 13.6. The van der Waals surface area contributed by atoms with Crippen LogP contribution in [-0.2, 0) is 21.2 Å². The van der Waals surface area contributed by atoms with Crippen molar-refractivity contribution in [2.45, 2.75) is 44.1 Å². The fourth-order valence-corrected chi connectivity index (χ4v) is 5.74. The molecular weight excluding hydrogens is 556 g/mol. The SMILES string of the molecule is CC(C)(C)OC(=O)N(CCCc1ccc([N+](=O)[O-])cc1)CCNS(=O)(=O)c1cc(-c2ccccc2)cc2cnccc12. The number of nitrogens with one attached hydrogen (secondary N) is 1. The van der Waals surface area contributed by atoms with Gasteiger partial charge in [-0.05, 0) is 68.5 Å². The number of carbonyl (C=O) groups is 1. The van der Waals surface area contributed by atoms with Gasteiger partial charge in [-0.1, -0.05) is 42.5 Å². The number of hydrogen-bond acceptors (Lipinski definition) is 7. The number of sulfonamides is 1. The summed E-state index contributed by atoms with van der Waals surface area (Å²) in [4.78, 5) is 29.2. The highest BCUT2D eigenvalue weighted by molar-refractivity contribution is 7.89. The Hall–Kier alpha value is -4.35. The molecule has 0 saturated heterocycles. The summed E-state index contributed by atoms with van der Waals surface area (Å²) >= 11 is 0. The summed E-state index contributed by atoms with van der Waals surface area (Å²) in [5.74, 6) is 0. The van der Waals surface area contributed by atoms with Gasteiger partial charge in [0, 0.05) is 54.9 Å². The van der Waals surface area contributed by atoms with E-state index in [4.69, 9.17) is 4.74 Å². The largest absolute Gasteiger partial charge is 0.444 e. The van der Waals surface area contributed by atoms with Gasteiger partial charge >= 0.3 is 6.09 Å². The molecule has 0 atom stereocenters. The number of nitro benzene ring substituents is 1. The van der Waals surface area contributed by atoms with Crippen molar-refractivity contribution in [1.29, 1.82) is 0 Å². The van der Waals surface area contributed by atoms with E-state index < -0.39 is 26.6 Å². The first kappa shape index (κ1) is 30.6. The summed E-state index contributed by atoms with van der Waals surface area (Å²) < 4.78 is 35.4. The zero-order valence-corrected chi connectivity index (χ0v) is 24.6. The van der Waals surface area contributed by atoms with Gasteiger partial charge < -0.3 is 9.64 Å². The van der Waals surface area contributed by atoms with Gasteiger partial charge in [0.05, 0.1) is 9.82 Å². The quantitative estimate of drug-likeness (QED) is 0.168. The zero-order chi connectivity index (χ0) is 30.3. The number of benzene rings is 3. The minimum atomic E-state index is -3.96. The molecule has 0 aliphatic rings. The number of non-ortho nitro benzene ring substituents is 1. The van der Waals surface area contributed by atoms with Gasteiger partial charge in [-0.3, -0.25) is 15.1 Å². The number of pyridine rings is 1. The Kier molecular flexibility index (Phi) is 9.54. The molecule has 4 rings (SSSR count). The highest BCUT2D eigenvalue weighted by Crippen LogP contribution is 2.30. The Morgan fingerprint density at radius 2 is 1.71 bits per heavy atom. The highest BCUT2D eigenvalue weighted by atomic mass is 32.2. The summed E-state index contributed by atoms with van der Waals surface area (Å²) in [6.45, 7) is 5.67. The van der Waals surface area contributed by atoms with Gasteiger partial charge in [0.25, 0.3) is 5.69 Å². The summed E-state index contributed by atoms with van der Waals surface area (Å²) in [5, 5.41) is 12.1. The first-order valence-corrected chi connectivity index (χ1v) is 15.1. The van der Waals surface area contributed by atoms with Crippen molar-refractivity contribution < 1.29 is 22.9 Å². The number of ether oxygens (including phenoxy) is 1. The average Bonchev–Trinajstić information content (AvgIpc) is 2.95. The van der Waals surface area contributed by atoms with Crippen molar-refractivity contribution in [1.82, 2.24) is 14.6 Å². The molecule has 4 aromatic rings. The maximum Gasteiger partial charge on any atom is 0.410 e. The van der Waals surface area contributed by atoms with E-state index in [9.17, 15) is 23.3 Å². The fourth-order valence-electron chi connectivity index (χ4n) is 4.47. The molecule has 10 nitrogen and oxygen atoms in total. The number of fused-ring (bicyclic) bond motifs is 1. The molecular formula is C31H34N4O6S.